The number of carbonyl (C=O) groups excluding carboxylic acids is 2. The second-order valence-corrected chi connectivity index (χ2v) is 6.12. The quantitative estimate of drug-likeness (QED) is 0.701. The molecular weight excluding hydrogens is 375 g/mol. The molecule has 3 atom stereocenters. The van der Waals surface area contributed by atoms with Gasteiger partial charge < -0.3 is 21.5 Å². The molecule has 2 amide bonds. The second kappa shape index (κ2) is 8.24. The third kappa shape index (κ3) is 4.66. The van der Waals surface area contributed by atoms with E-state index in [1.54, 1.807) is 0 Å². The van der Waals surface area contributed by atoms with Gasteiger partial charge in [0.25, 0.3) is 0 Å². The maximum atomic E-state index is 12.9. The lowest BCUT2D eigenvalue weighted by atomic mass is 9.89. The van der Waals surface area contributed by atoms with E-state index in [-0.39, 0.29) is 30.6 Å². The van der Waals surface area contributed by atoms with Gasteiger partial charge in [0, 0.05) is 6.54 Å². The van der Waals surface area contributed by atoms with Gasteiger partial charge in [0.1, 0.15) is 11.6 Å². The van der Waals surface area contributed by atoms with Gasteiger partial charge in [-0.2, -0.15) is 13.2 Å². The fourth-order valence-electron chi connectivity index (χ4n) is 2.68. The Labute approximate surface area is 154 Å². The summed E-state index contributed by atoms with van der Waals surface area (Å²) in [7, 11) is 0. The van der Waals surface area contributed by atoms with Gasteiger partial charge >= 0.3 is 6.18 Å². The van der Waals surface area contributed by atoms with Crippen molar-refractivity contribution in [3.8, 4) is 0 Å². The van der Waals surface area contributed by atoms with Crippen LogP contribution in [0.4, 0.5) is 13.2 Å². The van der Waals surface area contributed by atoms with Gasteiger partial charge in [0.15, 0.2) is 0 Å². The number of ether oxygens (including phenoxy) is 1. The summed E-state index contributed by atoms with van der Waals surface area (Å²) >= 11 is 0. The molecule has 2 rings (SSSR count). The highest BCUT2D eigenvalue weighted by molar-refractivity contribution is 5.92. The summed E-state index contributed by atoms with van der Waals surface area (Å²) < 4.78 is 44.2. The van der Waals surface area contributed by atoms with Crippen LogP contribution in [0.2, 0.25) is 0 Å². The van der Waals surface area contributed by atoms with E-state index in [4.69, 9.17) is 16.2 Å². The van der Waals surface area contributed by atoms with Crippen molar-refractivity contribution in [3.63, 3.8) is 0 Å². The average molecular weight is 396 g/mol. The molecule has 1 saturated heterocycles. The third-order valence-corrected chi connectivity index (χ3v) is 4.30. The summed E-state index contributed by atoms with van der Waals surface area (Å²) in [5, 5.41) is 2.43. The zero-order valence-electron chi connectivity index (χ0n) is 14.0. The van der Waals surface area contributed by atoms with Gasteiger partial charge in [0.2, 0.25) is 11.8 Å². The molecule has 0 aliphatic carbocycles. The summed E-state index contributed by atoms with van der Waals surface area (Å²) in [4.78, 5) is 24.3. The van der Waals surface area contributed by atoms with Crippen molar-refractivity contribution in [1.82, 2.24) is 5.32 Å². The molecule has 146 valence electrons. The Kier molecular flexibility index (Phi) is 7.03. The van der Waals surface area contributed by atoms with Crippen LogP contribution in [0.3, 0.4) is 0 Å². The summed E-state index contributed by atoms with van der Waals surface area (Å²) in [6, 6.07) is 4.13. The van der Waals surface area contributed by atoms with E-state index in [2.05, 4.69) is 5.32 Å². The zero-order chi connectivity index (χ0) is 18.8. The Morgan fingerprint density at radius 1 is 1.27 bits per heavy atom. The first-order valence-corrected chi connectivity index (χ1v) is 7.73. The van der Waals surface area contributed by atoms with Gasteiger partial charge in [-0.1, -0.05) is 12.1 Å². The number of rotatable bonds is 5. The molecule has 0 spiro atoms. The van der Waals surface area contributed by atoms with E-state index in [0.29, 0.717) is 12.8 Å². The molecular formula is C16H21ClF3N3O3. The lowest BCUT2D eigenvalue weighted by Gasteiger charge is -2.29. The average Bonchev–Trinajstić information content (AvgIpc) is 3.03. The smallest absolute Gasteiger partial charge is 0.367 e. The first-order chi connectivity index (χ1) is 11.6. The Bertz CT molecular complexity index is 672. The number of nitrogens with one attached hydrogen (secondary N) is 1. The molecule has 1 aliphatic rings. The number of hydrogen-bond acceptors (Lipinski definition) is 4. The lowest BCUT2D eigenvalue weighted by Crippen LogP contribution is -2.55. The van der Waals surface area contributed by atoms with Gasteiger partial charge in [0.05, 0.1) is 11.7 Å². The molecule has 10 heteroatoms. The van der Waals surface area contributed by atoms with Crippen LogP contribution in [-0.4, -0.2) is 30.6 Å². The molecule has 0 bridgehead atoms. The molecule has 1 heterocycles. The minimum atomic E-state index is -4.58. The molecule has 0 saturated carbocycles. The summed E-state index contributed by atoms with van der Waals surface area (Å²) in [5.41, 5.74) is 8.05. The monoisotopic (exact) mass is 395 g/mol. The molecule has 1 aliphatic heterocycles. The second-order valence-electron chi connectivity index (χ2n) is 6.12. The van der Waals surface area contributed by atoms with Crippen LogP contribution in [-0.2, 0) is 26.0 Å². The molecule has 26 heavy (non-hydrogen) atoms. The Balaban J connectivity index is 0.00000338. The number of benzene rings is 1. The number of nitrogens with two attached hydrogens (primary N) is 2. The number of halogens is 4. The van der Waals surface area contributed by atoms with Crippen molar-refractivity contribution in [2.45, 2.75) is 43.7 Å². The van der Waals surface area contributed by atoms with Gasteiger partial charge in [-0.05, 0) is 37.5 Å². The highest BCUT2D eigenvalue weighted by Gasteiger charge is 2.40. The number of amides is 2. The van der Waals surface area contributed by atoms with Crippen molar-refractivity contribution in [3.05, 3.63) is 35.4 Å². The van der Waals surface area contributed by atoms with Gasteiger partial charge in [-0.3, -0.25) is 9.59 Å². The number of carbonyl (C=O) groups is 2. The van der Waals surface area contributed by atoms with E-state index in [0.717, 1.165) is 18.2 Å². The van der Waals surface area contributed by atoms with Gasteiger partial charge in [-0.15, -0.1) is 12.4 Å². The van der Waals surface area contributed by atoms with Crippen LogP contribution in [0.1, 0.15) is 30.9 Å². The van der Waals surface area contributed by atoms with Crippen molar-refractivity contribution in [1.29, 1.82) is 0 Å². The van der Waals surface area contributed by atoms with Crippen molar-refractivity contribution in [2.75, 3.05) is 6.54 Å². The Morgan fingerprint density at radius 2 is 1.88 bits per heavy atom. The maximum Gasteiger partial charge on any atom is 0.416 e. The van der Waals surface area contributed by atoms with Crippen molar-refractivity contribution < 1.29 is 27.5 Å². The zero-order valence-corrected chi connectivity index (χ0v) is 14.8. The van der Waals surface area contributed by atoms with Crippen LogP contribution >= 0.6 is 12.4 Å². The van der Waals surface area contributed by atoms with Crippen LogP contribution in [0, 0.1) is 0 Å². The van der Waals surface area contributed by atoms with Crippen LogP contribution in [0.15, 0.2) is 24.3 Å². The fourth-order valence-corrected chi connectivity index (χ4v) is 2.68. The summed E-state index contributed by atoms with van der Waals surface area (Å²) in [5.74, 6) is -1.59. The normalized spacial score (nSPS) is 22.2. The molecule has 0 aromatic heterocycles. The highest BCUT2D eigenvalue weighted by Crippen LogP contribution is 2.32. The highest BCUT2D eigenvalue weighted by atomic mass is 35.5. The topological polar surface area (TPSA) is 107 Å². The molecule has 1 fully saturated rings. The first kappa shape index (κ1) is 22.2. The standard InChI is InChI=1S/C16H20F3N3O3.ClH/c1-15(14(21)24,9-3-2-4-10(7-9)16(17,18)19)22-13(23)12-6-5-11(8-20)25-12;/h2-4,7,11-12H,5-6,8,20H2,1H3,(H2,21,24)(H,22,23);1H/t11-,12+,15?;/m1./s1. The van der Waals surface area contributed by atoms with E-state index in [1.807, 2.05) is 0 Å². The van der Waals surface area contributed by atoms with Crippen LogP contribution < -0.4 is 16.8 Å². The predicted octanol–water partition coefficient (Wildman–Crippen LogP) is 1.45. The van der Waals surface area contributed by atoms with E-state index >= 15 is 0 Å². The van der Waals surface area contributed by atoms with Gasteiger partial charge in [-0.25, -0.2) is 0 Å². The molecule has 1 aromatic carbocycles. The predicted molar refractivity (Wildman–Crippen MR) is 90.3 cm³/mol. The van der Waals surface area contributed by atoms with Crippen molar-refractivity contribution in [2.24, 2.45) is 11.5 Å². The fraction of sp³-hybridized carbons (Fsp3) is 0.500. The summed E-state index contributed by atoms with van der Waals surface area (Å²) in [6.07, 6.45) is -4.67. The Morgan fingerprint density at radius 3 is 2.38 bits per heavy atom. The lowest BCUT2D eigenvalue weighted by molar-refractivity contribution is -0.139. The van der Waals surface area contributed by atoms with E-state index in [9.17, 15) is 22.8 Å². The van der Waals surface area contributed by atoms with Crippen LogP contribution in [0.25, 0.3) is 0 Å². The van der Waals surface area contributed by atoms with Crippen LogP contribution in [0.5, 0.6) is 0 Å². The van der Waals surface area contributed by atoms with E-state index in [1.165, 1.54) is 13.0 Å². The number of primary amides is 1. The molecule has 1 unspecified atom stereocenters. The molecule has 1 aromatic rings. The summed E-state index contributed by atoms with van der Waals surface area (Å²) in [6.45, 7) is 1.52. The largest absolute Gasteiger partial charge is 0.416 e. The minimum Gasteiger partial charge on any atom is -0.367 e. The first-order valence-electron chi connectivity index (χ1n) is 7.73. The molecule has 6 nitrogen and oxygen atoms in total. The maximum absolute atomic E-state index is 12.9. The molecule has 0 radical (unpaired) electrons. The van der Waals surface area contributed by atoms with Crippen molar-refractivity contribution >= 4 is 24.2 Å². The third-order valence-electron chi connectivity index (χ3n) is 4.30. The van der Waals surface area contributed by atoms with E-state index < -0.39 is 35.2 Å². The Hall–Kier alpha value is -1.84. The number of alkyl halides is 3. The minimum absolute atomic E-state index is 0. The SMILES string of the molecule is CC(NC(=O)[C@@H]1CC[C@H](CN)O1)(C(N)=O)c1cccc(C(F)(F)F)c1.Cl. The molecule has 5 N–H and O–H groups in total. The number of hydrogen-bond donors (Lipinski definition) is 3.